The topological polar surface area (TPSA) is 89.7 Å². The second-order valence-corrected chi connectivity index (χ2v) is 8.85. The lowest BCUT2D eigenvalue weighted by atomic mass is 10.0. The fraction of sp³-hybridized carbons (Fsp3) is 0.308. The number of aromatic nitrogens is 1. The van der Waals surface area contributed by atoms with Crippen molar-refractivity contribution in [2.24, 2.45) is 0 Å². The number of benzene rings is 2. The Morgan fingerprint density at radius 1 is 1.08 bits per heavy atom. The molecule has 2 unspecified atom stereocenters. The molecule has 3 aromatic rings. The first kappa shape index (κ1) is 25.3. The monoisotopic (exact) mass is 500 g/mol. The van der Waals surface area contributed by atoms with E-state index in [0.29, 0.717) is 30.0 Å². The molecule has 0 aliphatic carbocycles. The Balaban J connectivity index is 1.45. The summed E-state index contributed by atoms with van der Waals surface area (Å²) in [6, 6.07) is 14.9. The average Bonchev–Trinajstić information content (AvgIpc) is 2.82. The highest BCUT2D eigenvalue weighted by molar-refractivity contribution is 5.95. The van der Waals surface area contributed by atoms with Gasteiger partial charge in [-0.15, -0.1) is 13.2 Å². The third-order valence-corrected chi connectivity index (χ3v) is 5.72. The lowest BCUT2D eigenvalue weighted by Crippen LogP contribution is -2.55. The molecule has 2 heterocycles. The number of hydrogen-bond acceptors (Lipinski definition) is 6. The molecule has 4 rings (SSSR count). The number of hydrogen-bond donors (Lipinski definition) is 2. The minimum atomic E-state index is -4.77. The number of ether oxygens (including phenoxy) is 2. The second-order valence-electron chi connectivity index (χ2n) is 8.85. The molecule has 2 aromatic carbocycles. The minimum absolute atomic E-state index is 0.0158. The fourth-order valence-electron chi connectivity index (χ4n) is 4.20. The van der Waals surface area contributed by atoms with Gasteiger partial charge in [-0.05, 0) is 55.3 Å². The molecule has 7 nitrogen and oxygen atoms in total. The largest absolute Gasteiger partial charge is 0.573 e. The van der Waals surface area contributed by atoms with E-state index in [-0.39, 0.29) is 36.2 Å². The zero-order valence-corrected chi connectivity index (χ0v) is 19.9. The van der Waals surface area contributed by atoms with Crippen molar-refractivity contribution < 1.29 is 27.4 Å². The van der Waals surface area contributed by atoms with Crippen LogP contribution in [0.3, 0.4) is 0 Å². The molecule has 2 atom stereocenters. The number of nitrogen functional groups attached to an aromatic ring is 1. The van der Waals surface area contributed by atoms with Gasteiger partial charge in [-0.2, -0.15) is 0 Å². The van der Waals surface area contributed by atoms with Gasteiger partial charge in [-0.3, -0.25) is 4.79 Å². The van der Waals surface area contributed by atoms with Crippen LogP contribution >= 0.6 is 0 Å². The molecule has 1 saturated heterocycles. The Hall–Kier alpha value is -3.79. The van der Waals surface area contributed by atoms with Crippen molar-refractivity contribution in [2.75, 3.05) is 18.8 Å². The van der Waals surface area contributed by atoms with Crippen molar-refractivity contribution in [3.8, 4) is 22.6 Å². The molecule has 3 N–H and O–H groups in total. The summed E-state index contributed by atoms with van der Waals surface area (Å²) in [6.45, 7) is 5.39. The third-order valence-electron chi connectivity index (χ3n) is 5.72. The smallest absolute Gasteiger partial charge is 0.485 e. The number of carbonyl (C=O) groups excluding carboxylic acids is 1. The van der Waals surface area contributed by atoms with Crippen molar-refractivity contribution in [3.63, 3.8) is 0 Å². The van der Waals surface area contributed by atoms with Crippen LogP contribution in [0.4, 0.5) is 19.0 Å². The first-order valence-electron chi connectivity index (χ1n) is 11.5. The number of halogens is 3. The summed E-state index contributed by atoms with van der Waals surface area (Å²) in [5, 5.41) is 3.41. The van der Waals surface area contributed by atoms with Gasteiger partial charge in [0.2, 0.25) is 0 Å². The van der Waals surface area contributed by atoms with Crippen LogP contribution in [-0.2, 0) is 6.61 Å². The molecule has 1 aliphatic heterocycles. The number of amides is 1. The van der Waals surface area contributed by atoms with Crippen LogP contribution in [-0.4, -0.2) is 47.3 Å². The number of alkyl halides is 3. The van der Waals surface area contributed by atoms with E-state index >= 15 is 0 Å². The molecule has 0 radical (unpaired) electrons. The molecule has 1 amide bonds. The highest BCUT2D eigenvalue weighted by Crippen LogP contribution is 2.29. The number of piperazine rings is 1. The maximum Gasteiger partial charge on any atom is 0.573 e. The minimum Gasteiger partial charge on any atom is -0.485 e. The SMILES string of the molecule is CC1CN(C(=O)c2ccc(-c3cnc(N)c(OCc4cccc(OC(F)(F)F)c4)c3)cc2)CC(C)N1. The predicted molar refractivity (Wildman–Crippen MR) is 130 cm³/mol. The van der Waals surface area contributed by atoms with E-state index in [1.165, 1.54) is 18.2 Å². The van der Waals surface area contributed by atoms with Gasteiger partial charge >= 0.3 is 6.36 Å². The quantitative estimate of drug-likeness (QED) is 0.513. The van der Waals surface area contributed by atoms with Gasteiger partial charge in [0.25, 0.3) is 5.91 Å². The molecule has 1 aliphatic rings. The normalized spacial score (nSPS) is 18.1. The summed E-state index contributed by atoms with van der Waals surface area (Å²) in [7, 11) is 0. The van der Waals surface area contributed by atoms with E-state index < -0.39 is 6.36 Å². The number of nitrogens with zero attached hydrogens (tertiary/aromatic N) is 2. The Kier molecular flexibility index (Phi) is 7.35. The highest BCUT2D eigenvalue weighted by Gasteiger charge is 2.31. The molecular formula is C26H27F3N4O3. The molecule has 190 valence electrons. The van der Waals surface area contributed by atoms with Gasteiger partial charge < -0.3 is 25.4 Å². The summed E-state index contributed by atoms with van der Waals surface area (Å²) >= 11 is 0. The number of rotatable bonds is 6. The van der Waals surface area contributed by atoms with E-state index in [2.05, 4.69) is 28.9 Å². The molecule has 36 heavy (non-hydrogen) atoms. The van der Waals surface area contributed by atoms with E-state index in [0.717, 1.165) is 11.1 Å². The van der Waals surface area contributed by atoms with Gasteiger partial charge in [0.05, 0.1) is 0 Å². The van der Waals surface area contributed by atoms with Crippen molar-refractivity contribution in [3.05, 3.63) is 71.9 Å². The summed E-state index contributed by atoms with van der Waals surface area (Å²) in [4.78, 5) is 19.0. The van der Waals surface area contributed by atoms with Crippen molar-refractivity contribution >= 4 is 11.7 Å². The van der Waals surface area contributed by atoms with E-state index in [4.69, 9.17) is 10.5 Å². The molecular weight excluding hydrogens is 473 g/mol. The van der Waals surface area contributed by atoms with E-state index in [1.807, 2.05) is 17.0 Å². The van der Waals surface area contributed by atoms with Crippen molar-refractivity contribution in [1.29, 1.82) is 0 Å². The predicted octanol–water partition coefficient (Wildman–Crippen LogP) is 4.63. The van der Waals surface area contributed by atoms with Gasteiger partial charge in [-0.25, -0.2) is 4.98 Å². The molecule has 10 heteroatoms. The van der Waals surface area contributed by atoms with E-state index in [1.54, 1.807) is 30.5 Å². The third kappa shape index (κ3) is 6.45. The standard InChI is InChI=1S/C26H27F3N4O3/c1-16-13-33(14-17(2)32-16)25(34)20-8-6-19(7-9-20)21-11-23(24(30)31-12-21)35-15-18-4-3-5-22(10-18)36-26(27,28)29/h3-12,16-17,32H,13-15H2,1-2H3,(H2,30,31). The fourth-order valence-corrected chi connectivity index (χ4v) is 4.20. The van der Waals surface area contributed by atoms with Crippen LogP contribution in [0, 0.1) is 0 Å². The number of nitrogens with two attached hydrogens (primary N) is 1. The summed E-state index contributed by atoms with van der Waals surface area (Å²) in [6.07, 6.45) is -3.18. The molecule has 0 saturated carbocycles. The van der Waals surface area contributed by atoms with Gasteiger partial charge in [-0.1, -0.05) is 24.3 Å². The number of nitrogens with one attached hydrogen (secondary N) is 1. The summed E-state index contributed by atoms with van der Waals surface area (Å²) in [5.74, 6) is 0.0922. The van der Waals surface area contributed by atoms with Crippen LogP contribution in [0.5, 0.6) is 11.5 Å². The molecule has 1 aromatic heterocycles. The summed E-state index contributed by atoms with van der Waals surface area (Å²) < 4.78 is 47.1. The van der Waals surface area contributed by atoms with E-state index in [9.17, 15) is 18.0 Å². The lowest BCUT2D eigenvalue weighted by molar-refractivity contribution is -0.274. The first-order chi connectivity index (χ1) is 17.1. The van der Waals surface area contributed by atoms with Crippen LogP contribution in [0.15, 0.2) is 60.8 Å². The highest BCUT2D eigenvalue weighted by atomic mass is 19.4. The Morgan fingerprint density at radius 3 is 2.44 bits per heavy atom. The number of anilines is 1. The number of pyridine rings is 1. The maximum absolute atomic E-state index is 12.9. The Bertz CT molecular complexity index is 1210. The average molecular weight is 501 g/mol. The van der Waals surface area contributed by atoms with Crippen molar-refractivity contribution in [2.45, 2.75) is 38.9 Å². The van der Waals surface area contributed by atoms with Crippen LogP contribution in [0.2, 0.25) is 0 Å². The maximum atomic E-state index is 12.9. The van der Waals surface area contributed by atoms with Gasteiger partial charge in [0.1, 0.15) is 12.4 Å². The lowest BCUT2D eigenvalue weighted by Gasteiger charge is -2.36. The molecule has 0 spiro atoms. The zero-order chi connectivity index (χ0) is 25.9. The van der Waals surface area contributed by atoms with Crippen LogP contribution in [0.25, 0.3) is 11.1 Å². The molecule has 1 fully saturated rings. The van der Waals surface area contributed by atoms with Crippen molar-refractivity contribution in [1.82, 2.24) is 15.2 Å². The molecule has 0 bridgehead atoms. The number of carbonyl (C=O) groups is 1. The Labute approximate surface area is 207 Å². The van der Waals surface area contributed by atoms with Crippen LogP contribution < -0.4 is 20.5 Å². The second kappa shape index (κ2) is 10.4. The Morgan fingerprint density at radius 2 is 1.78 bits per heavy atom. The first-order valence-corrected chi connectivity index (χ1v) is 11.5. The van der Waals surface area contributed by atoms with Crippen LogP contribution in [0.1, 0.15) is 29.8 Å². The summed E-state index contributed by atoms with van der Waals surface area (Å²) in [5.41, 5.74) is 8.55. The zero-order valence-electron chi connectivity index (χ0n) is 19.9. The van der Waals surface area contributed by atoms with Gasteiger partial charge in [0, 0.05) is 42.5 Å². The van der Waals surface area contributed by atoms with Gasteiger partial charge in [0.15, 0.2) is 11.6 Å².